The molecule has 1 aromatic heterocycles. The number of hydrogen-bond donors (Lipinski definition) is 0. The molecule has 0 spiro atoms. The van der Waals surface area contributed by atoms with Crippen molar-refractivity contribution in [3.8, 4) is 0 Å². The van der Waals surface area contributed by atoms with Crippen molar-refractivity contribution in [2.75, 3.05) is 0 Å². The zero-order valence-electron chi connectivity index (χ0n) is 14.3. The summed E-state index contributed by atoms with van der Waals surface area (Å²) in [5, 5.41) is 0. The molecule has 0 unspecified atom stereocenters. The normalized spacial score (nSPS) is 15.6. The molecule has 2 aliphatic rings. The SMILES string of the molecule is Cc1nc(C2=CC=C[C-](C)C=C2)nc(C2=C[C-](C)C=CC=C2)n1.[Ir].[Ir]. The molecule has 0 bridgehead atoms. The van der Waals surface area contributed by atoms with E-state index in [0.29, 0.717) is 11.6 Å². The van der Waals surface area contributed by atoms with Crippen molar-refractivity contribution < 1.29 is 40.2 Å². The predicted molar refractivity (Wildman–Crippen MR) is 94.9 cm³/mol. The first-order chi connectivity index (χ1) is 11.1. The van der Waals surface area contributed by atoms with Crippen molar-refractivity contribution in [2.45, 2.75) is 20.8 Å². The average molecular weight is 686 g/mol. The van der Waals surface area contributed by atoms with Gasteiger partial charge in [0, 0.05) is 40.2 Å². The van der Waals surface area contributed by atoms with Crippen LogP contribution in [0, 0.1) is 18.8 Å². The average Bonchev–Trinajstić information content (AvgIpc) is 2.87. The first-order valence-electron chi connectivity index (χ1n) is 7.65. The molecule has 1 heterocycles. The molecular formula is C20H19Ir2N3-2. The molecule has 3 rings (SSSR count). The maximum atomic E-state index is 4.68. The Morgan fingerprint density at radius 3 is 2.16 bits per heavy atom. The van der Waals surface area contributed by atoms with Crippen molar-refractivity contribution in [3.05, 3.63) is 90.1 Å². The Labute approximate surface area is 176 Å². The Hall–Kier alpha value is -1.51. The molecule has 134 valence electrons. The van der Waals surface area contributed by atoms with Crippen LogP contribution < -0.4 is 0 Å². The van der Waals surface area contributed by atoms with E-state index in [9.17, 15) is 0 Å². The summed E-state index contributed by atoms with van der Waals surface area (Å²) in [6.45, 7) is 6.04. The molecule has 25 heavy (non-hydrogen) atoms. The van der Waals surface area contributed by atoms with E-state index in [4.69, 9.17) is 0 Å². The van der Waals surface area contributed by atoms with Crippen molar-refractivity contribution >= 4 is 11.1 Å². The van der Waals surface area contributed by atoms with Crippen LogP contribution in [0.25, 0.3) is 11.1 Å². The summed E-state index contributed by atoms with van der Waals surface area (Å²) in [5.74, 6) is 4.50. The molecule has 0 fully saturated rings. The topological polar surface area (TPSA) is 38.7 Å². The fourth-order valence-electron chi connectivity index (χ4n) is 2.37. The van der Waals surface area contributed by atoms with Crippen LogP contribution >= 0.6 is 0 Å². The predicted octanol–water partition coefficient (Wildman–Crippen LogP) is 4.38. The van der Waals surface area contributed by atoms with Gasteiger partial charge in [-0.1, -0.05) is 19.4 Å². The summed E-state index contributed by atoms with van der Waals surface area (Å²) in [6.07, 6.45) is 20.5. The first-order valence-corrected chi connectivity index (χ1v) is 7.65. The molecule has 0 aromatic carbocycles. The molecule has 0 saturated heterocycles. The van der Waals surface area contributed by atoms with E-state index in [0.717, 1.165) is 17.0 Å². The molecule has 0 aliphatic heterocycles. The summed E-state index contributed by atoms with van der Waals surface area (Å²) in [6, 6.07) is 0. The van der Waals surface area contributed by atoms with Crippen molar-refractivity contribution in [1.29, 1.82) is 0 Å². The number of aromatic nitrogens is 3. The van der Waals surface area contributed by atoms with Crippen molar-refractivity contribution in [1.82, 2.24) is 15.0 Å². The maximum absolute atomic E-state index is 4.68. The molecule has 5 heteroatoms. The minimum absolute atomic E-state index is 0. The summed E-state index contributed by atoms with van der Waals surface area (Å²) in [5.41, 5.74) is 1.98. The molecule has 3 nitrogen and oxygen atoms in total. The summed E-state index contributed by atoms with van der Waals surface area (Å²) in [4.78, 5) is 13.7. The molecule has 0 saturated carbocycles. The van der Waals surface area contributed by atoms with Gasteiger partial charge in [-0.25, -0.2) is 15.0 Å². The van der Waals surface area contributed by atoms with Crippen LogP contribution in [0.5, 0.6) is 0 Å². The zero-order chi connectivity index (χ0) is 16.2. The van der Waals surface area contributed by atoms with Crippen LogP contribution in [0.15, 0.2) is 60.8 Å². The van der Waals surface area contributed by atoms with E-state index in [1.165, 1.54) is 11.8 Å². The smallest absolute Gasteiger partial charge is 0.149 e. The van der Waals surface area contributed by atoms with Crippen LogP contribution in [0.3, 0.4) is 0 Å². The Morgan fingerprint density at radius 2 is 1.40 bits per heavy atom. The van der Waals surface area contributed by atoms with Gasteiger partial charge in [0.25, 0.3) is 0 Å². The van der Waals surface area contributed by atoms with Crippen LogP contribution in [-0.4, -0.2) is 15.0 Å². The van der Waals surface area contributed by atoms with Gasteiger partial charge in [-0.2, -0.15) is 48.3 Å². The molecule has 0 atom stereocenters. The number of allylic oxidation sites excluding steroid dienone is 12. The maximum Gasteiger partial charge on any atom is 0.149 e. The van der Waals surface area contributed by atoms with Crippen LogP contribution in [0.1, 0.15) is 31.3 Å². The third-order valence-electron chi connectivity index (χ3n) is 3.55. The molecule has 1 aromatic rings. The molecular weight excluding hydrogens is 667 g/mol. The van der Waals surface area contributed by atoms with Gasteiger partial charge < -0.3 is 0 Å². The van der Waals surface area contributed by atoms with Crippen molar-refractivity contribution in [2.24, 2.45) is 0 Å². The zero-order valence-corrected chi connectivity index (χ0v) is 19.1. The number of rotatable bonds is 2. The second-order valence-electron chi connectivity index (χ2n) is 5.65. The standard InChI is InChI=1S/C20H19N3.2Ir/c1-14-8-6-10-17(12-11-14)19-21-16(3)22-20(23-19)18-9-5-4-7-15(2)13-18;;/h4-13H,1-3H3;;/q-2;;. The van der Waals surface area contributed by atoms with Crippen LogP contribution in [0.4, 0.5) is 0 Å². The first kappa shape index (κ1) is 21.5. The quantitative estimate of drug-likeness (QED) is 0.434. The second-order valence-corrected chi connectivity index (χ2v) is 5.65. The molecule has 2 radical (unpaired) electrons. The second kappa shape index (κ2) is 9.84. The third-order valence-corrected chi connectivity index (χ3v) is 3.55. The summed E-state index contributed by atoms with van der Waals surface area (Å²) in [7, 11) is 0. The van der Waals surface area contributed by atoms with Gasteiger partial charge in [-0.05, 0) is 12.5 Å². The van der Waals surface area contributed by atoms with E-state index < -0.39 is 0 Å². The van der Waals surface area contributed by atoms with Gasteiger partial charge in [-0.3, -0.25) is 0 Å². The van der Waals surface area contributed by atoms with E-state index in [1.807, 2.05) is 43.4 Å². The number of hydrogen-bond acceptors (Lipinski definition) is 3. The molecule has 2 aliphatic carbocycles. The van der Waals surface area contributed by atoms with E-state index >= 15 is 0 Å². The van der Waals surface area contributed by atoms with Gasteiger partial charge >= 0.3 is 0 Å². The number of aryl methyl sites for hydroxylation is 1. The third kappa shape index (κ3) is 5.76. The van der Waals surface area contributed by atoms with Gasteiger partial charge in [0.2, 0.25) is 0 Å². The number of nitrogens with zero attached hydrogens (tertiary/aromatic N) is 3. The van der Waals surface area contributed by atoms with Gasteiger partial charge in [0.15, 0.2) is 0 Å². The summed E-state index contributed by atoms with van der Waals surface area (Å²) >= 11 is 0. The van der Waals surface area contributed by atoms with E-state index in [1.54, 1.807) is 0 Å². The largest absolute Gasteiger partial charge is 0.227 e. The fourth-order valence-corrected chi connectivity index (χ4v) is 2.37. The Morgan fingerprint density at radius 1 is 0.720 bits per heavy atom. The Bertz CT molecular complexity index is 786. The van der Waals surface area contributed by atoms with Gasteiger partial charge in [-0.15, -0.1) is 24.3 Å². The molecule has 0 amide bonds. The Kier molecular flexibility index (Phi) is 8.47. The van der Waals surface area contributed by atoms with Crippen molar-refractivity contribution in [3.63, 3.8) is 0 Å². The van der Waals surface area contributed by atoms with E-state index in [2.05, 4.69) is 53.1 Å². The summed E-state index contributed by atoms with van der Waals surface area (Å²) < 4.78 is 0. The minimum atomic E-state index is 0. The van der Waals surface area contributed by atoms with Crippen LogP contribution in [0.2, 0.25) is 0 Å². The monoisotopic (exact) mass is 687 g/mol. The van der Waals surface area contributed by atoms with Crippen LogP contribution in [-0.2, 0) is 40.2 Å². The molecule has 0 N–H and O–H groups in total. The van der Waals surface area contributed by atoms with E-state index in [-0.39, 0.29) is 40.2 Å². The minimum Gasteiger partial charge on any atom is -0.227 e. The van der Waals surface area contributed by atoms with Gasteiger partial charge in [0.1, 0.15) is 17.5 Å². The fraction of sp³-hybridized carbons (Fsp3) is 0.150. The van der Waals surface area contributed by atoms with Gasteiger partial charge in [0.05, 0.1) is 0 Å². The Balaban J connectivity index is 0.00000156.